The van der Waals surface area contributed by atoms with E-state index in [1.54, 1.807) is 18.2 Å². The van der Waals surface area contributed by atoms with E-state index in [1.165, 1.54) is 0 Å². The van der Waals surface area contributed by atoms with Gasteiger partial charge in [-0.15, -0.1) is 0 Å². The topological polar surface area (TPSA) is 78.4 Å². The fourth-order valence-electron chi connectivity index (χ4n) is 2.80. The van der Waals surface area contributed by atoms with E-state index < -0.39 is 11.4 Å². The smallest absolute Gasteiger partial charge is 0.337 e. The quantitative estimate of drug-likeness (QED) is 0.662. The van der Waals surface area contributed by atoms with Crippen molar-refractivity contribution >= 4 is 40.2 Å². The van der Waals surface area contributed by atoms with Crippen molar-refractivity contribution in [2.45, 2.75) is 26.2 Å². The first-order chi connectivity index (χ1) is 9.98. The summed E-state index contributed by atoms with van der Waals surface area (Å²) in [6.45, 7) is 3.53. The van der Waals surface area contributed by atoms with Crippen LogP contribution in [0.1, 0.15) is 36.5 Å². The van der Waals surface area contributed by atoms with Gasteiger partial charge in [0.05, 0.1) is 16.7 Å². The third-order valence-corrected chi connectivity index (χ3v) is 4.59. The molecule has 1 amide bonds. The van der Waals surface area contributed by atoms with E-state index >= 15 is 0 Å². The lowest BCUT2D eigenvalue weighted by atomic mass is 9.81. The highest BCUT2D eigenvalue weighted by Crippen LogP contribution is 2.33. The number of hydrogen-bond acceptors (Lipinski definition) is 3. The summed E-state index contributed by atoms with van der Waals surface area (Å²) in [5, 5.41) is 15.3. The van der Waals surface area contributed by atoms with Gasteiger partial charge >= 0.3 is 5.97 Å². The Balaban J connectivity index is 2.25. The van der Waals surface area contributed by atoms with Crippen LogP contribution in [0.15, 0.2) is 18.2 Å². The van der Waals surface area contributed by atoms with Crippen LogP contribution in [0.5, 0.6) is 0 Å². The summed E-state index contributed by atoms with van der Waals surface area (Å²) in [7, 11) is 0. The number of carbonyl (C=O) groups excluding carboxylic acids is 1. The number of aromatic carboxylic acids is 1. The molecule has 0 aliphatic carbocycles. The first-order valence-electron chi connectivity index (χ1n) is 7.03. The number of carbonyl (C=O) groups is 2. The maximum absolute atomic E-state index is 12.6. The highest BCUT2D eigenvalue weighted by atomic mass is 127. The molecule has 0 bridgehead atoms. The van der Waals surface area contributed by atoms with E-state index in [0.29, 0.717) is 12.2 Å². The van der Waals surface area contributed by atoms with Crippen molar-refractivity contribution in [1.29, 1.82) is 0 Å². The fraction of sp³-hybridized carbons (Fsp3) is 0.467. The average Bonchev–Trinajstić information content (AvgIpc) is 2.91. The minimum absolute atomic E-state index is 0.0851. The normalized spacial score (nSPS) is 21.2. The van der Waals surface area contributed by atoms with Crippen molar-refractivity contribution in [3.8, 4) is 0 Å². The molecule has 0 spiro atoms. The van der Waals surface area contributed by atoms with E-state index in [4.69, 9.17) is 0 Å². The van der Waals surface area contributed by atoms with E-state index in [2.05, 4.69) is 40.1 Å². The molecular formula is C15H19IN2O3. The van der Waals surface area contributed by atoms with Crippen LogP contribution in [0, 0.1) is 8.99 Å². The standard InChI is InChI=1S/C15H19IN2O3/c1-2-5-15(6-7-17-9-15)14(21)18-12-4-3-10(16)8-11(12)13(19)20/h3-4,8,17H,2,5-7,9H2,1H3,(H,18,21)(H,19,20). The Hall–Kier alpha value is -1.15. The number of rotatable bonds is 5. The first-order valence-corrected chi connectivity index (χ1v) is 8.11. The fourth-order valence-corrected chi connectivity index (χ4v) is 3.29. The molecule has 0 aromatic heterocycles. The van der Waals surface area contributed by atoms with Crippen molar-refractivity contribution in [3.63, 3.8) is 0 Å². The molecule has 2 rings (SSSR count). The minimum atomic E-state index is -1.03. The molecule has 0 saturated carbocycles. The Kier molecular flexibility index (Phi) is 5.21. The molecule has 5 nitrogen and oxygen atoms in total. The summed E-state index contributed by atoms with van der Waals surface area (Å²) >= 11 is 2.06. The van der Waals surface area contributed by atoms with Gasteiger partial charge in [0.1, 0.15) is 0 Å². The number of carboxylic acid groups (broad SMARTS) is 1. The number of halogens is 1. The Morgan fingerprint density at radius 2 is 2.24 bits per heavy atom. The van der Waals surface area contributed by atoms with Crippen LogP contribution in [0.2, 0.25) is 0 Å². The number of hydrogen-bond donors (Lipinski definition) is 3. The van der Waals surface area contributed by atoms with Crippen molar-refractivity contribution < 1.29 is 14.7 Å². The summed E-state index contributed by atoms with van der Waals surface area (Å²) in [6, 6.07) is 5.02. The highest BCUT2D eigenvalue weighted by Gasteiger charge is 2.40. The van der Waals surface area contributed by atoms with Crippen molar-refractivity contribution in [1.82, 2.24) is 5.32 Å². The van der Waals surface area contributed by atoms with Gasteiger partial charge in [0, 0.05) is 10.1 Å². The monoisotopic (exact) mass is 402 g/mol. The lowest BCUT2D eigenvalue weighted by Crippen LogP contribution is -2.38. The predicted molar refractivity (Wildman–Crippen MR) is 89.6 cm³/mol. The molecule has 1 fully saturated rings. The van der Waals surface area contributed by atoms with Crippen molar-refractivity contribution in [2.75, 3.05) is 18.4 Å². The molecule has 6 heteroatoms. The molecule has 0 radical (unpaired) electrons. The molecule has 3 N–H and O–H groups in total. The molecular weight excluding hydrogens is 383 g/mol. The Labute approximate surface area is 137 Å². The van der Waals surface area contributed by atoms with Gasteiger partial charge in [-0.25, -0.2) is 4.79 Å². The third-order valence-electron chi connectivity index (χ3n) is 3.91. The number of benzene rings is 1. The van der Waals surface area contributed by atoms with E-state index in [9.17, 15) is 14.7 Å². The summed E-state index contributed by atoms with van der Waals surface area (Å²) in [6.07, 6.45) is 2.52. The van der Waals surface area contributed by atoms with Crippen LogP contribution in [0.25, 0.3) is 0 Å². The van der Waals surface area contributed by atoms with Gasteiger partial charge in [-0.05, 0) is 60.2 Å². The Morgan fingerprint density at radius 1 is 1.48 bits per heavy atom. The second kappa shape index (κ2) is 6.74. The van der Waals surface area contributed by atoms with Gasteiger partial charge in [-0.2, -0.15) is 0 Å². The van der Waals surface area contributed by atoms with Crippen LogP contribution in [-0.2, 0) is 4.79 Å². The van der Waals surface area contributed by atoms with Gasteiger partial charge in [-0.3, -0.25) is 4.79 Å². The van der Waals surface area contributed by atoms with Gasteiger partial charge in [0.15, 0.2) is 0 Å². The Morgan fingerprint density at radius 3 is 2.81 bits per heavy atom. The molecule has 1 aromatic carbocycles. The third kappa shape index (κ3) is 3.55. The summed E-state index contributed by atoms with van der Waals surface area (Å²) in [4.78, 5) is 24.0. The molecule has 1 heterocycles. The van der Waals surface area contributed by atoms with Gasteiger partial charge in [0.25, 0.3) is 0 Å². The second-order valence-electron chi connectivity index (χ2n) is 5.41. The second-order valence-corrected chi connectivity index (χ2v) is 6.65. The van der Waals surface area contributed by atoms with Crippen LogP contribution < -0.4 is 10.6 Å². The Bertz CT molecular complexity index is 554. The molecule has 1 aromatic rings. The van der Waals surface area contributed by atoms with Gasteiger partial charge in [-0.1, -0.05) is 13.3 Å². The van der Waals surface area contributed by atoms with Crippen LogP contribution in [0.4, 0.5) is 5.69 Å². The highest BCUT2D eigenvalue weighted by molar-refractivity contribution is 14.1. The average molecular weight is 402 g/mol. The van der Waals surface area contributed by atoms with Crippen molar-refractivity contribution in [2.24, 2.45) is 5.41 Å². The number of carboxylic acids is 1. The van der Waals surface area contributed by atoms with Gasteiger partial charge < -0.3 is 15.7 Å². The maximum atomic E-state index is 12.6. The van der Waals surface area contributed by atoms with E-state index in [-0.39, 0.29) is 11.5 Å². The molecule has 1 unspecified atom stereocenters. The lowest BCUT2D eigenvalue weighted by Gasteiger charge is -2.26. The minimum Gasteiger partial charge on any atom is -0.478 e. The van der Waals surface area contributed by atoms with Gasteiger partial charge in [0.2, 0.25) is 5.91 Å². The van der Waals surface area contributed by atoms with E-state index in [1.807, 2.05) is 0 Å². The summed E-state index contributed by atoms with van der Waals surface area (Å²) < 4.78 is 0.828. The van der Waals surface area contributed by atoms with Crippen LogP contribution >= 0.6 is 22.6 Å². The zero-order chi connectivity index (χ0) is 15.5. The SMILES string of the molecule is CCCC1(C(=O)Nc2ccc(I)cc2C(=O)O)CCNC1. The predicted octanol–water partition coefficient (Wildman–Crippen LogP) is 2.71. The lowest BCUT2D eigenvalue weighted by molar-refractivity contribution is -0.125. The largest absolute Gasteiger partial charge is 0.478 e. The van der Waals surface area contributed by atoms with Crippen LogP contribution in [-0.4, -0.2) is 30.1 Å². The zero-order valence-corrected chi connectivity index (χ0v) is 14.1. The molecule has 1 aliphatic heterocycles. The molecule has 1 saturated heterocycles. The number of amides is 1. The maximum Gasteiger partial charge on any atom is 0.337 e. The number of nitrogens with one attached hydrogen (secondary N) is 2. The van der Waals surface area contributed by atoms with E-state index in [0.717, 1.165) is 29.4 Å². The summed E-state index contributed by atoms with van der Waals surface area (Å²) in [5.41, 5.74) is 0.0798. The van der Waals surface area contributed by atoms with Crippen LogP contribution in [0.3, 0.4) is 0 Å². The summed E-state index contributed by atoms with van der Waals surface area (Å²) in [5.74, 6) is -1.11. The molecule has 21 heavy (non-hydrogen) atoms. The molecule has 1 aliphatic rings. The number of anilines is 1. The zero-order valence-electron chi connectivity index (χ0n) is 11.9. The first kappa shape index (κ1) is 16.2. The molecule has 1 atom stereocenters. The molecule has 114 valence electrons. The van der Waals surface area contributed by atoms with Crippen molar-refractivity contribution in [3.05, 3.63) is 27.3 Å².